The van der Waals surface area contributed by atoms with Crippen molar-refractivity contribution in [3.8, 4) is 0 Å². The molecule has 92 valence electrons. The van der Waals surface area contributed by atoms with Crippen LogP contribution in [0.3, 0.4) is 0 Å². The van der Waals surface area contributed by atoms with Gasteiger partial charge in [-0.1, -0.05) is 11.6 Å². The van der Waals surface area contributed by atoms with Gasteiger partial charge >= 0.3 is 0 Å². The van der Waals surface area contributed by atoms with Crippen LogP contribution in [0.5, 0.6) is 0 Å². The zero-order chi connectivity index (χ0) is 12.1. The molecule has 0 aromatic carbocycles. The van der Waals surface area contributed by atoms with Crippen molar-refractivity contribution in [1.29, 1.82) is 0 Å². The van der Waals surface area contributed by atoms with Gasteiger partial charge in [0, 0.05) is 12.2 Å². The number of hydrogen-bond acceptors (Lipinski definition) is 2. The number of H-pyrrole nitrogens is 1. The summed E-state index contributed by atoms with van der Waals surface area (Å²) in [6, 6.07) is 0. The Morgan fingerprint density at radius 3 is 3.06 bits per heavy atom. The molecule has 0 fully saturated rings. The minimum atomic E-state index is -0.0832. The van der Waals surface area contributed by atoms with Crippen LogP contribution in [0.1, 0.15) is 48.3 Å². The van der Waals surface area contributed by atoms with Gasteiger partial charge in [0.05, 0.1) is 6.33 Å². The molecule has 0 spiro atoms. The zero-order valence-electron chi connectivity index (χ0n) is 10.3. The Morgan fingerprint density at radius 2 is 2.41 bits per heavy atom. The zero-order valence-corrected chi connectivity index (χ0v) is 10.3. The molecule has 0 radical (unpaired) electrons. The van der Waals surface area contributed by atoms with E-state index in [1.807, 2.05) is 6.92 Å². The maximum absolute atomic E-state index is 11.8. The highest BCUT2D eigenvalue weighted by Gasteiger charge is 2.11. The lowest BCUT2D eigenvalue weighted by molar-refractivity contribution is 0.0949. The van der Waals surface area contributed by atoms with Crippen molar-refractivity contribution in [1.82, 2.24) is 15.3 Å². The van der Waals surface area contributed by atoms with Crippen molar-refractivity contribution < 1.29 is 4.79 Å². The van der Waals surface area contributed by atoms with Crippen LogP contribution in [-0.4, -0.2) is 22.4 Å². The number of nitrogens with one attached hydrogen (secondary N) is 2. The minimum absolute atomic E-state index is 0.0832. The molecule has 1 aliphatic carbocycles. The minimum Gasteiger partial charge on any atom is -0.350 e. The molecule has 2 N–H and O–H groups in total. The smallest absolute Gasteiger partial charge is 0.271 e. The highest BCUT2D eigenvalue weighted by molar-refractivity contribution is 5.93. The molecular weight excluding hydrogens is 214 g/mol. The van der Waals surface area contributed by atoms with Crippen LogP contribution < -0.4 is 5.32 Å². The molecule has 0 saturated carbocycles. The number of carbonyl (C=O) groups is 1. The number of carbonyl (C=O) groups excluding carboxylic acids is 1. The Labute approximate surface area is 102 Å². The van der Waals surface area contributed by atoms with Gasteiger partial charge in [-0.25, -0.2) is 4.98 Å². The van der Waals surface area contributed by atoms with Gasteiger partial charge in [0.25, 0.3) is 5.91 Å². The summed E-state index contributed by atoms with van der Waals surface area (Å²) in [4.78, 5) is 18.7. The maximum Gasteiger partial charge on any atom is 0.271 e. The summed E-state index contributed by atoms with van der Waals surface area (Å²) in [5, 5.41) is 2.91. The lowest BCUT2D eigenvalue weighted by Gasteiger charge is -2.12. The fourth-order valence-electron chi connectivity index (χ4n) is 2.14. The van der Waals surface area contributed by atoms with E-state index in [0.717, 1.165) is 12.1 Å². The maximum atomic E-state index is 11.8. The van der Waals surface area contributed by atoms with Crippen LogP contribution in [0.4, 0.5) is 0 Å². The third-order valence-electron chi connectivity index (χ3n) is 3.16. The highest BCUT2D eigenvalue weighted by Crippen LogP contribution is 2.19. The molecule has 0 saturated heterocycles. The van der Waals surface area contributed by atoms with Crippen LogP contribution in [0, 0.1) is 6.92 Å². The number of hydrogen-bond donors (Lipinski definition) is 2. The lowest BCUT2D eigenvalue weighted by atomic mass is 9.97. The summed E-state index contributed by atoms with van der Waals surface area (Å²) in [7, 11) is 0. The monoisotopic (exact) mass is 233 g/mol. The second kappa shape index (κ2) is 5.66. The number of rotatable bonds is 4. The molecule has 1 aromatic heterocycles. The molecule has 0 bridgehead atoms. The fourth-order valence-corrected chi connectivity index (χ4v) is 2.14. The van der Waals surface area contributed by atoms with E-state index in [4.69, 9.17) is 0 Å². The molecule has 1 heterocycles. The Hall–Kier alpha value is -1.58. The second-order valence-corrected chi connectivity index (χ2v) is 4.49. The highest BCUT2D eigenvalue weighted by atomic mass is 16.1. The van der Waals surface area contributed by atoms with Crippen LogP contribution in [-0.2, 0) is 0 Å². The van der Waals surface area contributed by atoms with E-state index in [-0.39, 0.29) is 5.91 Å². The molecule has 4 nitrogen and oxygen atoms in total. The van der Waals surface area contributed by atoms with Gasteiger partial charge in [-0.05, 0) is 39.0 Å². The summed E-state index contributed by atoms with van der Waals surface area (Å²) >= 11 is 0. The Balaban J connectivity index is 1.77. The van der Waals surface area contributed by atoms with Gasteiger partial charge < -0.3 is 10.3 Å². The van der Waals surface area contributed by atoms with E-state index in [9.17, 15) is 4.79 Å². The SMILES string of the molecule is Cc1[nH]cnc1C(=O)NCCC1=CCCCC1. The molecule has 1 amide bonds. The molecule has 0 atom stereocenters. The normalized spacial score (nSPS) is 15.5. The fraction of sp³-hybridized carbons (Fsp3) is 0.538. The van der Waals surface area contributed by atoms with Crippen LogP contribution in [0.2, 0.25) is 0 Å². The first-order valence-corrected chi connectivity index (χ1v) is 6.23. The first-order chi connectivity index (χ1) is 8.27. The van der Waals surface area contributed by atoms with Gasteiger partial charge in [0.15, 0.2) is 0 Å². The standard InChI is InChI=1S/C13H19N3O/c1-10-12(16-9-15-10)13(17)14-8-7-11-5-3-2-4-6-11/h5,9H,2-4,6-8H2,1H3,(H,14,17)(H,15,16). The summed E-state index contributed by atoms with van der Waals surface area (Å²) in [6.45, 7) is 2.56. The Bertz CT molecular complexity index is 420. The average Bonchev–Trinajstić information content (AvgIpc) is 2.77. The molecule has 2 rings (SSSR count). The second-order valence-electron chi connectivity index (χ2n) is 4.49. The number of aromatic nitrogens is 2. The van der Waals surface area contributed by atoms with E-state index in [2.05, 4.69) is 21.4 Å². The molecule has 0 aliphatic heterocycles. The van der Waals surface area contributed by atoms with Crippen molar-refractivity contribution >= 4 is 5.91 Å². The third-order valence-corrected chi connectivity index (χ3v) is 3.16. The summed E-state index contributed by atoms with van der Waals surface area (Å²) in [5.74, 6) is -0.0832. The van der Waals surface area contributed by atoms with E-state index in [1.165, 1.54) is 31.3 Å². The topological polar surface area (TPSA) is 57.8 Å². The summed E-state index contributed by atoms with van der Waals surface area (Å²) < 4.78 is 0. The number of aromatic amines is 1. The first kappa shape index (κ1) is 11.9. The predicted molar refractivity (Wildman–Crippen MR) is 66.8 cm³/mol. The first-order valence-electron chi connectivity index (χ1n) is 6.23. The van der Waals surface area contributed by atoms with E-state index in [0.29, 0.717) is 12.2 Å². The van der Waals surface area contributed by atoms with Gasteiger partial charge in [-0.15, -0.1) is 0 Å². The number of amides is 1. The molecule has 1 aromatic rings. The number of aryl methyl sites for hydroxylation is 1. The van der Waals surface area contributed by atoms with E-state index >= 15 is 0 Å². The van der Waals surface area contributed by atoms with Crippen LogP contribution in [0.15, 0.2) is 18.0 Å². The predicted octanol–water partition coefficient (Wildman–Crippen LogP) is 2.34. The number of imidazole rings is 1. The Kier molecular flexibility index (Phi) is 3.96. The van der Waals surface area contributed by atoms with Gasteiger partial charge in [-0.3, -0.25) is 4.79 Å². The average molecular weight is 233 g/mol. The molecule has 0 unspecified atom stereocenters. The number of allylic oxidation sites excluding steroid dienone is 1. The van der Waals surface area contributed by atoms with Gasteiger partial charge in [0.1, 0.15) is 5.69 Å². The van der Waals surface area contributed by atoms with Crippen molar-refractivity contribution in [2.45, 2.75) is 39.0 Å². The van der Waals surface area contributed by atoms with Crippen molar-refractivity contribution in [2.24, 2.45) is 0 Å². The van der Waals surface area contributed by atoms with Gasteiger partial charge in [-0.2, -0.15) is 0 Å². The molecule has 1 aliphatic rings. The van der Waals surface area contributed by atoms with E-state index in [1.54, 1.807) is 6.33 Å². The molecular formula is C13H19N3O. The van der Waals surface area contributed by atoms with Crippen molar-refractivity contribution in [3.63, 3.8) is 0 Å². The van der Waals surface area contributed by atoms with Crippen molar-refractivity contribution in [2.75, 3.05) is 6.54 Å². The van der Waals surface area contributed by atoms with E-state index < -0.39 is 0 Å². The Morgan fingerprint density at radius 1 is 1.53 bits per heavy atom. The van der Waals surface area contributed by atoms with Gasteiger partial charge in [0.2, 0.25) is 0 Å². The molecule has 17 heavy (non-hydrogen) atoms. The lowest BCUT2D eigenvalue weighted by Crippen LogP contribution is -2.25. The largest absolute Gasteiger partial charge is 0.350 e. The number of nitrogens with zero attached hydrogens (tertiary/aromatic N) is 1. The summed E-state index contributed by atoms with van der Waals surface area (Å²) in [5.41, 5.74) is 2.80. The van der Waals surface area contributed by atoms with Crippen LogP contribution >= 0.6 is 0 Å². The third kappa shape index (κ3) is 3.19. The molecule has 4 heteroatoms. The van der Waals surface area contributed by atoms with Crippen molar-refractivity contribution in [3.05, 3.63) is 29.4 Å². The summed E-state index contributed by atoms with van der Waals surface area (Å²) in [6.07, 6.45) is 9.82. The quantitative estimate of drug-likeness (QED) is 0.784. The van der Waals surface area contributed by atoms with Crippen LogP contribution in [0.25, 0.3) is 0 Å².